The fourth-order valence-corrected chi connectivity index (χ4v) is 3.16. The van der Waals surface area contributed by atoms with Crippen LogP contribution in [0.1, 0.15) is 39.5 Å². The van der Waals surface area contributed by atoms with Crippen LogP contribution in [-0.2, 0) is 6.54 Å². The maximum Gasteiger partial charge on any atom is 0.247 e. The average Bonchev–Trinajstić information content (AvgIpc) is 2.96. The first-order valence-corrected chi connectivity index (χ1v) is 8.12. The van der Waals surface area contributed by atoms with Crippen LogP contribution in [0.4, 0.5) is 0 Å². The summed E-state index contributed by atoms with van der Waals surface area (Å²) in [4.78, 5) is 2.42. The van der Waals surface area contributed by atoms with Gasteiger partial charge in [-0.3, -0.25) is 4.90 Å². The molecule has 1 saturated heterocycles. The van der Waals surface area contributed by atoms with E-state index in [-0.39, 0.29) is 0 Å². The molecule has 4 heteroatoms. The fraction of sp³-hybridized carbons (Fsp3) is 0.556. The van der Waals surface area contributed by atoms with Crippen molar-refractivity contribution in [2.24, 2.45) is 11.3 Å². The monoisotopic (exact) mass is 299 g/mol. The Morgan fingerprint density at radius 2 is 1.77 bits per heavy atom. The van der Waals surface area contributed by atoms with Crippen molar-refractivity contribution >= 4 is 0 Å². The smallest absolute Gasteiger partial charge is 0.247 e. The Kier molecular flexibility index (Phi) is 4.30. The molecule has 3 rings (SSSR count). The zero-order valence-electron chi connectivity index (χ0n) is 13.7. The Bertz CT molecular complexity index is 592. The number of likely N-dealkylation sites (tertiary alicyclic amines) is 1. The standard InChI is InChI=1S/C18H25N3O/c1-18(2,3)15-9-11-21(12-10-15)13-16-19-20-17(22-16)14-7-5-4-6-8-14/h4-8,15H,9-13H2,1-3H3. The molecular weight excluding hydrogens is 274 g/mol. The highest BCUT2D eigenvalue weighted by Gasteiger charge is 2.29. The zero-order valence-corrected chi connectivity index (χ0v) is 13.7. The van der Waals surface area contributed by atoms with Gasteiger partial charge in [0, 0.05) is 5.56 Å². The van der Waals surface area contributed by atoms with E-state index in [2.05, 4.69) is 35.9 Å². The molecule has 0 bridgehead atoms. The summed E-state index contributed by atoms with van der Waals surface area (Å²) in [7, 11) is 0. The van der Waals surface area contributed by atoms with Gasteiger partial charge in [0.15, 0.2) is 0 Å². The van der Waals surface area contributed by atoms with Crippen LogP contribution in [0, 0.1) is 11.3 Å². The first-order chi connectivity index (χ1) is 10.5. The molecule has 0 unspecified atom stereocenters. The number of hydrogen-bond donors (Lipinski definition) is 0. The highest BCUT2D eigenvalue weighted by molar-refractivity contribution is 5.51. The van der Waals surface area contributed by atoms with Gasteiger partial charge < -0.3 is 4.42 Å². The van der Waals surface area contributed by atoms with Crippen LogP contribution in [-0.4, -0.2) is 28.2 Å². The number of piperidine rings is 1. The zero-order chi connectivity index (χ0) is 15.6. The molecule has 0 amide bonds. The van der Waals surface area contributed by atoms with Crippen LogP contribution in [0.2, 0.25) is 0 Å². The van der Waals surface area contributed by atoms with Crippen LogP contribution in [0.5, 0.6) is 0 Å². The van der Waals surface area contributed by atoms with Crippen LogP contribution < -0.4 is 0 Å². The quantitative estimate of drug-likeness (QED) is 0.859. The Labute approximate surface area is 132 Å². The predicted octanol–water partition coefficient (Wildman–Crippen LogP) is 3.99. The van der Waals surface area contributed by atoms with E-state index in [4.69, 9.17) is 4.42 Å². The average molecular weight is 299 g/mol. The summed E-state index contributed by atoms with van der Waals surface area (Å²) < 4.78 is 5.80. The molecule has 1 fully saturated rings. The first-order valence-electron chi connectivity index (χ1n) is 8.12. The third-order valence-corrected chi connectivity index (χ3v) is 4.66. The Morgan fingerprint density at radius 3 is 2.41 bits per heavy atom. The number of benzene rings is 1. The molecule has 0 N–H and O–H groups in total. The molecule has 0 saturated carbocycles. The van der Waals surface area contributed by atoms with Gasteiger partial charge in [0.25, 0.3) is 0 Å². The minimum atomic E-state index is 0.414. The Morgan fingerprint density at radius 1 is 1.09 bits per heavy atom. The second-order valence-corrected chi connectivity index (χ2v) is 7.28. The molecule has 1 aliphatic rings. The molecule has 0 atom stereocenters. The molecule has 0 radical (unpaired) electrons. The maximum absolute atomic E-state index is 5.80. The van der Waals surface area contributed by atoms with Crippen LogP contribution >= 0.6 is 0 Å². The number of aromatic nitrogens is 2. The Balaban J connectivity index is 1.58. The van der Waals surface area contributed by atoms with Gasteiger partial charge in [-0.15, -0.1) is 10.2 Å². The lowest BCUT2D eigenvalue weighted by Gasteiger charge is -2.38. The summed E-state index contributed by atoms with van der Waals surface area (Å²) in [6, 6.07) is 9.94. The minimum Gasteiger partial charge on any atom is -0.419 e. The van der Waals surface area contributed by atoms with Gasteiger partial charge in [-0.1, -0.05) is 39.0 Å². The number of rotatable bonds is 3. The van der Waals surface area contributed by atoms with Gasteiger partial charge in [0.2, 0.25) is 11.8 Å². The SMILES string of the molecule is CC(C)(C)C1CCN(Cc2nnc(-c3ccccc3)o2)CC1. The lowest BCUT2D eigenvalue weighted by Crippen LogP contribution is -2.37. The molecule has 4 nitrogen and oxygen atoms in total. The molecule has 0 aliphatic carbocycles. The van der Waals surface area contributed by atoms with Gasteiger partial charge in [-0.2, -0.15) is 0 Å². The number of hydrogen-bond acceptors (Lipinski definition) is 4. The van der Waals surface area contributed by atoms with E-state index in [1.807, 2.05) is 30.3 Å². The fourth-order valence-electron chi connectivity index (χ4n) is 3.16. The predicted molar refractivity (Wildman–Crippen MR) is 87.2 cm³/mol. The summed E-state index contributed by atoms with van der Waals surface area (Å²) in [6.45, 7) is 10.0. The lowest BCUT2D eigenvalue weighted by atomic mass is 9.75. The molecule has 2 aromatic rings. The lowest BCUT2D eigenvalue weighted by molar-refractivity contribution is 0.102. The number of nitrogens with zero attached hydrogens (tertiary/aromatic N) is 3. The van der Waals surface area contributed by atoms with E-state index >= 15 is 0 Å². The van der Waals surface area contributed by atoms with Gasteiger partial charge in [-0.25, -0.2) is 0 Å². The minimum absolute atomic E-state index is 0.414. The molecular formula is C18H25N3O. The molecule has 2 heterocycles. The van der Waals surface area contributed by atoms with E-state index in [1.165, 1.54) is 12.8 Å². The van der Waals surface area contributed by atoms with E-state index in [0.717, 1.165) is 31.1 Å². The summed E-state index contributed by atoms with van der Waals surface area (Å²) >= 11 is 0. The van der Waals surface area contributed by atoms with Crippen molar-refractivity contribution in [2.45, 2.75) is 40.2 Å². The molecule has 1 aliphatic heterocycles. The second-order valence-electron chi connectivity index (χ2n) is 7.28. The van der Waals surface area contributed by atoms with Crippen molar-refractivity contribution in [1.29, 1.82) is 0 Å². The van der Waals surface area contributed by atoms with Crippen LogP contribution in [0.25, 0.3) is 11.5 Å². The van der Waals surface area contributed by atoms with E-state index < -0.39 is 0 Å². The maximum atomic E-state index is 5.80. The molecule has 22 heavy (non-hydrogen) atoms. The summed E-state index contributed by atoms with van der Waals surface area (Å²) in [6.07, 6.45) is 2.51. The highest BCUT2D eigenvalue weighted by atomic mass is 16.4. The third kappa shape index (κ3) is 3.55. The van der Waals surface area contributed by atoms with Gasteiger partial charge in [-0.05, 0) is 49.4 Å². The van der Waals surface area contributed by atoms with Crippen LogP contribution in [0.15, 0.2) is 34.7 Å². The molecule has 1 aromatic heterocycles. The summed E-state index contributed by atoms with van der Waals surface area (Å²) in [5.74, 6) is 2.14. The van der Waals surface area contributed by atoms with Crippen molar-refractivity contribution in [3.8, 4) is 11.5 Å². The molecule has 1 aromatic carbocycles. The van der Waals surface area contributed by atoms with Crippen molar-refractivity contribution in [3.05, 3.63) is 36.2 Å². The first kappa shape index (κ1) is 15.2. The van der Waals surface area contributed by atoms with Crippen molar-refractivity contribution in [3.63, 3.8) is 0 Å². The van der Waals surface area contributed by atoms with Crippen molar-refractivity contribution in [1.82, 2.24) is 15.1 Å². The van der Waals surface area contributed by atoms with Crippen molar-refractivity contribution < 1.29 is 4.42 Å². The normalized spacial score (nSPS) is 17.8. The van der Waals surface area contributed by atoms with Gasteiger partial charge >= 0.3 is 0 Å². The largest absolute Gasteiger partial charge is 0.419 e. The molecule has 0 spiro atoms. The second kappa shape index (κ2) is 6.21. The van der Waals surface area contributed by atoms with Crippen molar-refractivity contribution in [2.75, 3.05) is 13.1 Å². The van der Waals surface area contributed by atoms with E-state index in [0.29, 0.717) is 17.2 Å². The summed E-state index contributed by atoms with van der Waals surface area (Å²) in [5, 5.41) is 8.36. The molecule has 118 valence electrons. The third-order valence-electron chi connectivity index (χ3n) is 4.66. The topological polar surface area (TPSA) is 42.2 Å². The van der Waals surface area contributed by atoms with Gasteiger partial charge in [0.05, 0.1) is 6.54 Å². The van der Waals surface area contributed by atoms with E-state index in [1.54, 1.807) is 0 Å². The Hall–Kier alpha value is -1.68. The van der Waals surface area contributed by atoms with Gasteiger partial charge in [0.1, 0.15) is 0 Å². The van der Waals surface area contributed by atoms with E-state index in [9.17, 15) is 0 Å². The highest BCUT2D eigenvalue weighted by Crippen LogP contribution is 2.34. The van der Waals surface area contributed by atoms with Crippen LogP contribution in [0.3, 0.4) is 0 Å². The summed E-state index contributed by atoms with van der Waals surface area (Å²) in [5.41, 5.74) is 1.39.